The Morgan fingerprint density at radius 3 is 2.35 bits per heavy atom. The van der Waals surface area contributed by atoms with Crippen molar-refractivity contribution >= 4 is 0 Å². The number of nitrogens with zero attached hydrogens (tertiary/aromatic N) is 3. The predicted octanol–water partition coefficient (Wildman–Crippen LogP) is 1.51. The third-order valence-corrected chi connectivity index (χ3v) is 4.39. The maximum Gasteiger partial charge on any atom is 0.330 e. The van der Waals surface area contributed by atoms with Crippen molar-refractivity contribution in [2.45, 2.75) is 26.9 Å². The Morgan fingerprint density at radius 1 is 1.00 bits per heavy atom. The number of methoxy groups -OCH3 is 1. The van der Waals surface area contributed by atoms with E-state index in [1.807, 2.05) is 32.0 Å². The van der Waals surface area contributed by atoms with Gasteiger partial charge in [0.25, 0.3) is 5.56 Å². The van der Waals surface area contributed by atoms with Crippen LogP contribution in [0.5, 0.6) is 11.5 Å². The van der Waals surface area contributed by atoms with Crippen LogP contribution in [0.3, 0.4) is 0 Å². The minimum atomic E-state index is -0.314. The SMILES string of the molecule is CCOc1ccc(CN(CC)Cc2cc(=O)n(C)c(=O)n2C)cc1OC. The number of benzene rings is 1. The van der Waals surface area contributed by atoms with E-state index in [0.29, 0.717) is 31.1 Å². The second-order valence-electron chi connectivity index (χ2n) is 6.10. The first-order valence-electron chi connectivity index (χ1n) is 8.69. The zero-order chi connectivity index (χ0) is 19.3. The second kappa shape index (κ2) is 8.71. The smallest absolute Gasteiger partial charge is 0.330 e. The van der Waals surface area contributed by atoms with Crippen molar-refractivity contribution in [1.82, 2.24) is 14.0 Å². The lowest BCUT2D eigenvalue weighted by atomic mass is 10.1. The molecule has 26 heavy (non-hydrogen) atoms. The van der Waals surface area contributed by atoms with Crippen molar-refractivity contribution in [2.24, 2.45) is 14.1 Å². The highest BCUT2D eigenvalue weighted by molar-refractivity contribution is 5.43. The van der Waals surface area contributed by atoms with Crippen LogP contribution in [0, 0.1) is 0 Å². The van der Waals surface area contributed by atoms with Crippen LogP contribution < -0.4 is 20.7 Å². The Morgan fingerprint density at radius 2 is 1.73 bits per heavy atom. The maximum atomic E-state index is 12.1. The molecule has 0 aliphatic carbocycles. The van der Waals surface area contributed by atoms with Crippen LogP contribution in [-0.4, -0.2) is 34.3 Å². The number of aromatic nitrogens is 2. The van der Waals surface area contributed by atoms with Gasteiger partial charge in [0.15, 0.2) is 11.5 Å². The minimum absolute atomic E-state index is 0.290. The van der Waals surface area contributed by atoms with Gasteiger partial charge in [0.2, 0.25) is 0 Å². The van der Waals surface area contributed by atoms with Crippen molar-refractivity contribution in [3.8, 4) is 11.5 Å². The Kier molecular flexibility index (Phi) is 6.63. The molecule has 0 amide bonds. The summed E-state index contributed by atoms with van der Waals surface area (Å²) in [5.74, 6) is 1.41. The van der Waals surface area contributed by atoms with Gasteiger partial charge in [-0.1, -0.05) is 13.0 Å². The van der Waals surface area contributed by atoms with E-state index in [-0.39, 0.29) is 11.2 Å². The molecule has 0 spiro atoms. The van der Waals surface area contributed by atoms with E-state index in [1.165, 1.54) is 17.7 Å². The van der Waals surface area contributed by atoms with Gasteiger partial charge in [-0.05, 0) is 31.2 Å². The van der Waals surface area contributed by atoms with E-state index in [1.54, 1.807) is 14.2 Å². The van der Waals surface area contributed by atoms with E-state index in [2.05, 4.69) is 4.90 Å². The fourth-order valence-corrected chi connectivity index (χ4v) is 2.78. The molecule has 0 unspecified atom stereocenters. The first kappa shape index (κ1) is 19.8. The lowest BCUT2D eigenvalue weighted by Gasteiger charge is -2.22. The van der Waals surface area contributed by atoms with Crippen LogP contribution in [0.25, 0.3) is 0 Å². The summed E-state index contributed by atoms with van der Waals surface area (Å²) in [4.78, 5) is 26.2. The second-order valence-corrected chi connectivity index (χ2v) is 6.10. The van der Waals surface area contributed by atoms with E-state index in [9.17, 15) is 9.59 Å². The molecular weight excluding hydrogens is 334 g/mol. The zero-order valence-corrected chi connectivity index (χ0v) is 16.1. The Hall–Kier alpha value is -2.54. The maximum absolute atomic E-state index is 12.1. The standard InChI is InChI=1S/C19H27N3O4/c1-6-22(13-15-11-18(23)21(4)19(24)20(15)3)12-14-8-9-16(26-7-2)17(10-14)25-5/h8-11H,6-7,12-13H2,1-5H3. The van der Waals surface area contributed by atoms with Gasteiger partial charge in [-0.3, -0.25) is 18.8 Å². The summed E-state index contributed by atoms with van der Waals surface area (Å²) >= 11 is 0. The Labute approximate surface area is 153 Å². The first-order valence-corrected chi connectivity index (χ1v) is 8.69. The molecule has 7 heteroatoms. The fraction of sp³-hybridized carbons (Fsp3) is 0.474. The van der Waals surface area contributed by atoms with Gasteiger partial charge in [0, 0.05) is 38.9 Å². The minimum Gasteiger partial charge on any atom is -0.493 e. The normalized spacial score (nSPS) is 11.0. The third-order valence-electron chi connectivity index (χ3n) is 4.39. The molecular formula is C19H27N3O4. The summed E-state index contributed by atoms with van der Waals surface area (Å²) in [5, 5.41) is 0. The van der Waals surface area contributed by atoms with E-state index in [0.717, 1.165) is 22.4 Å². The molecule has 0 fully saturated rings. The molecule has 142 valence electrons. The number of hydrogen-bond donors (Lipinski definition) is 0. The van der Waals surface area contributed by atoms with Crippen molar-refractivity contribution in [2.75, 3.05) is 20.3 Å². The highest BCUT2D eigenvalue weighted by atomic mass is 16.5. The monoisotopic (exact) mass is 361 g/mol. The van der Waals surface area contributed by atoms with E-state index >= 15 is 0 Å². The zero-order valence-electron chi connectivity index (χ0n) is 16.1. The van der Waals surface area contributed by atoms with Crippen molar-refractivity contribution in [3.05, 3.63) is 56.4 Å². The number of hydrogen-bond acceptors (Lipinski definition) is 5. The van der Waals surface area contributed by atoms with Crippen LogP contribution in [-0.2, 0) is 27.2 Å². The Balaban J connectivity index is 2.23. The molecule has 2 aromatic rings. The average molecular weight is 361 g/mol. The van der Waals surface area contributed by atoms with Crippen molar-refractivity contribution < 1.29 is 9.47 Å². The van der Waals surface area contributed by atoms with Gasteiger partial charge in [0.1, 0.15) is 0 Å². The third kappa shape index (κ3) is 4.35. The summed E-state index contributed by atoms with van der Waals surface area (Å²) < 4.78 is 13.6. The molecule has 1 heterocycles. The summed E-state index contributed by atoms with van der Waals surface area (Å²) in [6, 6.07) is 7.37. The van der Waals surface area contributed by atoms with Gasteiger partial charge in [-0.2, -0.15) is 0 Å². The molecule has 0 bridgehead atoms. The highest BCUT2D eigenvalue weighted by Crippen LogP contribution is 2.28. The average Bonchev–Trinajstić information content (AvgIpc) is 2.64. The molecule has 0 radical (unpaired) electrons. The van der Waals surface area contributed by atoms with Gasteiger partial charge in [0.05, 0.1) is 13.7 Å². The van der Waals surface area contributed by atoms with Crippen LogP contribution in [0.2, 0.25) is 0 Å². The van der Waals surface area contributed by atoms with Crippen LogP contribution in [0.1, 0.15) is 25.1 Å². The van der Waals surface area contributed by atoms with Gasteiger partial charge in [-0.25, -0.2) is 4.79 Å². The molecule has 0 aliphatic rings. The summed E-state index contributed by atoms with van der Waals surface area (Å²) in [5.41, 5.74) is 1.16. The summed E-state index contributed by atoms with van der Waals surface area (Å²) in [7, 11) is 4.79. The van der Waals surface area contributed by atoms with Crippen molar-refractivity contribution in [1.29, 1.82) is 0 Å². The molecule has 0 saturated heterocycles. The van der Waals surface area contributed by atoms with Gasteiger partial charge < -0.3 is 9.47 Å². The molecule has 0 saturated carbocycles. The molecule has 1 aromatic heterocycles. The van der Waals surface area contributed by atoms with Crippen molar-refractivity contribution in [3.63, 3.8) is 0 Å². The predicted molar refractivity (Wildman–Crippen MR) is 101 cm³/mol. The number of ether oxygens (including phenoxy) is 2. The summed E-state index contributed by atoms with van der Waals surface area (Å²) in [6.07, 6.45) is 0. The first-order chi connectivity index (χ1) is 12.4. The fourth-order valence-electron chi connectivity index (χ4n) is 2.78. The van der Waals surface area contributed by atoms with Crippen LogP contribution in [0.4, 0.5) is 0 Å². The van der Waals surface area contributed by atoms with Gasteiger partial charge in [-0.15, -0.1) is 0 Å². The van der Waals surface area contributed by atoms with E-state index < -0.39 is 0 Å². The summed E-state index contributed by atoms with van der Waals surface area (Å²) in [6.45, 7) is 6.51. The topological polar surface area (TPSA) is 65.7 Å². The lowest BCUT2D eigenvalue weighted by molar-refractivity contribution is 0.262. The van der Waals surface area contributed by atoms with Crippen LogP contribution in [0.15, 0.2) is 33.9 Å². The molecule has 0 N–H and O–H groups in total. The lowest BCUT2D eigenvalue weighted by Crippen LogP contribution is -2.39. The van der Waals surface area contributed by atoms with Crippen LogP contribution >= 0.6 is 0 Å². The molecule has 2 rings (SSSR count). The van der Waals surface area contributed by atoms with Gasteiger partial charge >= 0.3 is 5.69 Å². The van der Waals surface area contributed by atoms with E-state index in [4.69, 9.17) is 9.47 Å². The number of rotatable bonds is 8. The molecule has 0 atom stereocenters. The molecule has 7 nitrogen and oxygen atoms in total. The Bertz CT molecular complexity index is 870. The highest BCUT2D eigenvalue weighted by Gasteiger charge is 2.12. The quantitative estimate of drug-likeness (QED) is 0.713. The molecule has 1 aromatic carbocycles. The largest absolute Gasteiger partial charge is 0.493 e. The molecule has 0 aliphatic heterocycles.